The van der Waals surface area contributed by atoms with Crippen molar-refractivity contribution in [2.45, 2.75) is 110 Å². The third-order valence-electron chi connectivity index (χ3n) is 11.2. The van der Waals surface area contributed by atoms with Crippen molar-refractivity contribution >= 4 is 45.4 Å². The van der Waals surface area contributed by atoms with E-state index < -0.39 is 41.3 Å². The van der Waals surface area contributed by atoms with Gasteiger partial charge in [-0.25, -0.2) is 19.8 Å². The number of aryl methyl sites for hydroxylation is 1. The van der Waals surface area contributed by atoms with Crippen molar-refractivity contribution in [1.29, 1.82) is 0 Å². The number of methoxy groups -OCH3 is 1. The zero-order valence-electron chi connectivity index (χ0n) is 35.1. The van der Waals surface area contributed by atoms with E-state index in [2.05, 4.69) is 27.9 Å². The molecular weight excluding hydrogens is 769 g/mol. The highest BCUT2D eigenvalue weighted by atomic mass is 32.1. The Morgan fingerprint density at radius 1 is 1.08 bits per heavy atom. The monoisotopic (exact) mass is 826 g/mol. The standard InChI is InChI=1S/C44H58N8O6S/c1-27-24-35(57-7)29(3)28(2)31(27)26-47-41(45)46-21-13-17-33(37(53)39-49-32-16-11-12-18-36(32)59-39)48-38(54)34-19-22-51-23-20-44(40(55)52(34)51,25-30-14-9-8-10-15-30)50-42(56)58-43(4,5)6/h8-12,14-16,18,24,33-34,37,53H,13,17,19-23,25-26H2,1-7H3,(H,48,54)(H,50,56)(H3,45,46,47)/t33?,34-,37?,44+/m0/s1. The second-order valence-corrected chi connectivity index (χ2v) is 17.6. The van der Waals surface area contributed by atoms with Crippen LogP contribution < -0.4 is 26.4 Å². The van der Waals surface area contributed by atoms with E-state index in [4.69, 9.17) is 20.2 Å². The lowest BCUT2D eigenvalue weighted by Crippen LogP contribution is -2.70. The van der Waals surface area contributed by atoms with Crippen LogP contribution in [0.5, 0.6) is 5.75 Å². The van der Waals surface area contributed by atoms with E-state index in [-0.39, 0.29) is 12.3 Å². The van der Waals surface area contributed by atoms with Crippen molar-refractivity contribution in [3.05, 3.63) is 93.5 Å². The van der Waals surface area contributed by atoms with Crippen LogP contribution in [0, 0.1) is 20.8 Å². The molecule has 3 heterocycles. The lowest BCUT2D eigenvalue weighted by Gasteiger charge is -2.46. The summed E-state index contributed by atoms with van der Waals surface area (Å²) in [5.74, 6) is 0.354. The van der Waals surface area contributed by atoms with E-state index >= 15 is 0 Å². The average molecular weight is 827 g/mol. The number of hydrogen-bond donors (Lipinski definition) is 5. The number of alkyl carbamates (subject to hydrolysis) is 1. The van der Waals surface area contributed by atoms with Gasteiger partial charge < -0.3 is 36.3 Å². The lowest BCUT2D eigenvalue weighted by molar-refractivity contribution is -0.167. The lowest BCUT2D eigenvalue weighted by atomic mass is 9.84. The van der Waals surface area contributed by atoms with Crippen LogP contribution in [0.1, 0.15) is 85.4 Å². The number of aliphatic imine (C=N–C) groups is 1. The fourth-order valence-electron chi connectivity index (χ4n) is 7.93. The molecule has 0 saturated carbocycles. The van der Waals surface area contributed by atoms with Crippen LogP contribution in [-0.2, 0) is 27.3 Å². The number of ether oxygens (including phenoxy) is 2. The van der Waals surface area contributed by atoms with Gasteiger partial charge >= 0.3 is 6.09 Å². The minimum atomic E-state index is -1.35. The van der Waals surface area contributed by atoms with Crippen LogP contribution in [0.25, 0.3) is 10.2 Å². The molecule has 2 unspecified atom stereocenters. The number of nitrogens with two attached hydrogens (primary N) is 1. The molecule has 6 N–H and O–H groups in total. The molecule has 1 aromatic heterocycles. The number of aliphatic hydroxyl groups is 1. The molecule has 4 atom stereocenters. The first-order chi connectivity index (χ1) is 28.1. The van der Waals surface area contributed by atoms with E-state index in [1.54, 1.807) is 27.9 Å². The van der Waals surface area contributed by atoms with Crippen molar-refractivity contribution in [2.75, 3.05) is 26.7 Å². The Labute approximate surface area is 350 Å². The normalized spacial score (nSPS) is 19.6. The average Bonchev–Trinajstić information content (AvgIpc) is 3.83. The van der Waals surface area contributed by atoms with Crippen LogP contribution >= 0.6 is 11.3 Å². The number of fused-ring (bicyclic) bond motifs is 2. The Balaban J connectivity index is 1.18. The van der Waals surface area contributed by atoms with Crippen molar-refractivity contribution in [3.63, 3.8) is 0 Å². The predicted molar refractivity (Wildman–Crippen MR) is 230 cm³/mol. The second-order valence-electron chi connectivity index (χ2n) is 16.5. The SMILES string of the molecule is COc1cc(C)c(CN=C(N)NCCCC(NC(=O)[C@@H]2CCN3CC[C@](Cc4ccccc4)(NC(=O)OC(C)(C)C)C(=O)N23)C(O)c2nc3ccccc3s2)c(C)c1C. The molecule has 4 aromatic rings. The van der Waals surface area contributed by atoms with E-state index in [1.807, 2.05) is 79.5 Å². The van der Waals surface area contributed by atoms with Gasteiger partial charge in [-0.2, -0.15) is 0 Å². The molecule has 2 aliphatic rings. The van der Waals surface area contributed by atoms with E-state index in [1.165, 1.54) is 16.3 Å². The van der Waals surface area contributed by atoms with Crippen LogP contribution in [0.3, 0.4) is 0 Å². The van der Waals surface area contributed by atoms with Gasteiger partial charge in [-0.05, 0) is 113 Å². The Kier molecular flexibility index (Phi) is 13.5. The molecule has 6 rings (SSSR count). The summed E-state index contributed by atoms with van der Waals surface area (Å²) in [5, 5.41) is 24.9. The number of hydrazine groups is 1. The van der Waals surface area contributed by atoms with Crippen LogP contribution in [0.2, 0.25) is 0 Å². The zero-order valence-corrected chi connectivity index (χ0v) is 35.9. The van der Waals surface area contributed by atoms with Crippen LogP contribution in [0.15, 0.2) is 65.7 Å². The Bertz CT molecular complexity index is 2140. The number of aromatic nitrogens is 1. The Morgan fingerprint density at radius 2 is 1.81 bits per heavy atom. The highest BCUT2D eigenvalue weighted by molar-refractivity contribution is 7.18. The number of nitrogens with one attached hydrogen (secondary N) is 3. The molecular formula is C44H58N8O6S. The molecule has 2 fully saturated rings. The van der Waals surface area contributed by atoms with Crippen LogP contribution in [-0.4, -0.2) is 93.9 Å². The molecule has 0 aliphatic carbocycles. The largest absolute Gasteiger partial charge is 0.496 e. The van der Waals surface area contributed by atoms with Crippen molar-refractivity contribution < 1.29 is 29.0 Å². The summed E-state index contributed by atoms with van der Waals surface area (Å²) in [4.78, 5) is 51.7. The first-order valence-corrected chi connectivity index (χ1v) is 21.1. The number of aliphatic hydroxyl groups excluding tert-OH is 1. The number of nitrogens with zero attached hydrogens (tertiary/aromatic N) is 4. The molecule has 15 heteroatoms. The fraction of sp³-hybridized carbons (Fsp3) is 0.477. The minimum absolute atomic E-state index is 0.224. The topological polar surface area (TPSA) is 184 Å². The molecule has 2 saturated heterocycles. The van der Waals surface area contributed by atoms with Gasteiger partial charge in [0.25, 0.3) is 5.91 Å². The number of amides is 3. The molecule has 14 nitrogen and oxygen atoms in total. The quantitative estimate of drug-likeness (QED) is 0.0631. The van der Waals surface area contributed by atoms with Gasteiger partial charge in [0.05, 0.1) is 29.9 Å². The van der Waals surface area contributed by atoms with Gasteiger partial charge in [-0.15, -0.1) is 11.3 Å². The third kappa shape index (κ3) is 10.1. The number of benzene rings is 3. The van der Waals surface area contributed by atoms with Crippen LogP contribution in [0.4, 0.5) is 4.79 Å². The smallest absolute Gasteiger partial charge is 0.408 e. The molecule has 316 valence electrons. The number of carbonyl (C=O) groups is 3. The van der Waals surface area contributed by atoms with Gasteiger partial charge in [0.2, 0.25) is 5.91 Å². The number of carbonyl (C=O) groups excluding carboxylic acids is 3. The molecule has 2 aliphatic heterocycles. The summed E-state index contributed by atoms with van der Waals surface area (Å²) in [6.07, 6.45) is 0.0340. The highest BCUT2D eigenvalue weighted by Crippen LogP contribution is 2.35. The molecule has 0 radical (unpaired) electrons. The van der Waals surface area contributed by atoms with Crippen molar-refractivity contribution in [3.8, 4) is 5.75 Å². The summed E-state index contributed by atoms with van der Waals surface area (Å²) >= 11 is 1.38. The fourth-order valence-corrected chi connectivity index (χ4v) is 8.95. The first kappa shape index (κ1) is 43.3. The summed E-state index contributed by atoms with van der Waals surface area (Å²) in [7, 11) is 1.66. The van der Waals surface area contributed by atoms with Gasteiger partial charge in [0.1, 0.15) is 34.0 Å². The van der Waals surface area contributed by atoms with Crippen molar-refractivity contribution in [2.24, 2.45) is 10.7 Å². The highest BCUT2D eigenvalue weighted by Gasteiger charge is 2.54. The molecule has 3 amide bonds. The maximum Gasteiger partial charge on any atom is 0.408 e. The zero-order chi connectivity index (χ0) is 42.5. The van der Waals surface area contributed by atoms with Gasteiger partial charge in [0.15, 0.2) is 5.96 Å². The van der Waals surface area contributed by atoms with E-state index in [9.17, 15) is 19.5 Å². The molecule has 0 bridgehead atoms. The van der Waals surface area contributed by atoms with Gasteiger partial charge in [-0.1, -0.05) is 42.5 Å². The number of thiazole rings is 1. The first-order valence-electron chi connectivity index (χ1n) is 20.2. The summed E-state index contributed by atoms with van der Waals surface area (Å²) in [5.41, 5.74) is 10.1. The van der Waals surface area contributed by atoms with Gasteiger partial charge in [-0.3, -0.25) is 14.6 Å². The maximum absolute atomic E-state index is 14.7. The summed E-state index contributed by atoms with van der Waals surface area (Å²) in [6, 6.07) is 17.6. The summed E-state index contributed by atoms with van der Waals surface area (Å²) in [6.45, 7) is 13.2. The van der Waals surface area contributed by atoms with E-state index in [0.29, 0.717) is 62.8 Å². The number of rotatable bonds is 14. The predicted octanol–water partition coefficient (Wildman–Crippen LogP) is 5.36. The number of para-hydroxylation sites is 1. The maximum atomic E-state index is 14.7. The second kappa shape index (κ2) is 18.3. The molecule has 0 spiro atoms. The Morgan fingerprint density at radius 3 is 2.53 bits per heavy atom. The summed E-state index contributed by atoms with van der Waals surface area (Å²) < 4.78 is 12.1. The molecule has 59 heavy (non-hydrogen) atoms. The Hall–Kier alpha value is -5.25. The van der Waals surface area contributed by atoms with E-state index in [0.717, 1.165) is 43.8 Å². The van der Waals surface area contributed by atoms with Gasteiger partial charge in [0, 0.05) is 26.1 Å². The molecule has 3 aromatic carbocycles. The third-order valence-corrected chi connectivity index (χ3v) is 12.3. The minimum Gasteiger partial charge on any atom is -0.496 e. The van der Waals surface area contributed by atoms with Crippen molar-refractivity contribution in [1.82, 2.24) is 31.0 Å². The number of hydrogen-bond acceptors (Lipinski definition) is 10. The number of guanidine groups is 1.